The van der Waals surface area contributed by atoms with Crippen LogP contribution in [0.4, 0.5) is 10.1 Å². The zero-order chi connectivity index (χ0) is 19.8. The number of carbonyl (C=O) groups is 1. The Morgan fingerprint density at radius 2 is 2.26 bits per heavy atom. The molecule has 0 saturated heterocycles. The van der Waals surface area contributed by atoms with Gasteiger partial charge in [0.1, 0.15) is 11.9 Å². The van der Waals surface area contributed by atoms with E-state index in [0.29, 0.717) is 17.9 Å². The van der Waals surface area contributed by atoms with Crippen LogP contribution in [0.3, 0.4) is 0 Å². The highest BCUT2D eigenvalue weighted by Gasteiger charge is 2.18. The van der Waals surface area contributed by atoms with E-state index in [1.165, 1.54) is 18.3 Å². The molecule has 0 spiro atoms. The predicted molar refractivity (Wildman–Crippen MR) is 105 cm³/mol. The molecule has 1 aliphatic carbocycles. The summed E-state index contributed by atoms with van der Waals surface area (Å²) in [4.78, 5) is 26.4. The summed E-state index contributed by atoms with van der Waals surface area (Å²) in [6.07, 6.45) is 10.1. The van der Waals surface area contributed by atoms with Gasteiger partial charge in [-0.2, -0.15) is 0 Å². The molecule has 27 heavy (non-hydrogen) atoms. The molecule has 1 aromatic rings. The smallest absolute Gasteiger partial charge is 0.258 e. The molecule has 6 heteroatoms. The van der Waals surface area contributed by atoms with Crippen LogP contribution in [0.5, 0.6) is 0 Å². The van der Waals surface area contributed by atoms with Crippen molar-refractivity contribution in [1.82, 2.24) is 4.98 Å². The predicted octanol–water partition coefficient (Wildman–Crippen LogP) is 4.31. The van der Waals surface area contributed by atoms with Crippen LogP contribution < -0.4 is 10.9 Å². The fraction of sp³-hybridized carbons (Fsp3) is 0.238. The second-order valence-electron chi connectivity index (χ2n) is 6.09. The summed E-state index contributed by atoms with van der Waals surface area (Å²) in [5, 5.41) is 2.62. The van der Waals surface area contributed by atoms with Gasteiger partial charge < -0.3 is 15.0 Å². The van der Waals surface area contributed by atoms with Crippen LogP contribution in [0.25, 0.3) is 0 Å². The van der Waals surface area contributed by atoms with Crippen molar-refractivity contribution < 1.29 is 13.9 Å². The molecular formula is C21H23FN2O3. The minimum Gasteiger partial charge on any atom is -0.485 e. The number of amides is 1. The maximum atomic E-state index is 13.4. The van der Waals surface area contributed by atoms with Gasteiger partial charge in [-0.1, -0.05) is 24.3 Å². The van der Waals surface area contributed by atoms with Gasteiger partial charge in [0.2, 0.25) is 5.56 Å². The van der Waals surface area contributed by atoms with E-state index in [9.17, 15) is 14.0 Å². The highest BCUT2D eigenvalue weighted by molar-refractivity contribution is 6.06. The number of hydrogen-bond acceptors (Lipinski definition) is 3. The summed E-state index contributed by atoms with van der Waals surface area (Å²) in [5.74, 6) is -0.410. The van der Waals surface area contributed by atoms with Gasteiger partial charge in [0.05, 0.1) is 11.4 Å². The fourth-order valence-corrected chi connectivity index (χ4v) is 2.31. The van der Waals surface area contributed by atoms with Crippen LogP contribution in [0.2, 0.25) is 0 Å². The molecule has 0 unspecified atom stereocenters. The van der Waals surface area contributed by atoms with E-state index in [-0.39, 0.29) is 23.4 Å². The van der Waals surface area contributed by atoms with Gasteiger partial charge in [0.15, 0.2) is 0 Å². The quantitative estimate of drug-likeness (QED) is 0.339. The molecule has 1 heterocycles. The standard InChI is InChI=1S/C21H23FN2O3/c1-4-14(2)12-19(27-18-7-5-6-16(22)8-9-18)15(3)21(26)24-17-10-11-23-20(25)13-17/h4-5,7-8,10-13,18H,3,6,9H2,1-2H3,(H2,23,24,25,26)/b14-4-,19-12+/t18-/m0/s1. The summed E-state index contributed by atoms with van der Waals surface area (Å²) in [5.41, 5.74) is 1.02. The summed E-state index contributed by atoms with van der Waals surface area (Å²) in [6, 6.07) is 2.84. The fourth-order valence-electron chi connectivity index (χ4n) is 2.31. The molecule has 1 aromatic heterocycles. The lowest BCUT2D eigenvalue weighted by Gasteiger charge is -2.18. The van der Waals surface area contributed by atoms with E-state index in [1.807, 2.05) is 19.9 Å². The Balaban J connectivity index is 2.20. The molecule has 0 aliphatic heterocycles. The first-order valence-electron chi connectivity index (χ1n) is 8.61. The number of aromatic amines is 1. The number of nitrogens with one attached hydrogen (secondary N) is 2. The zero-order valence-corrected chi connectivity index (χ0v) is 15.4. The Morgan fingerprint density at radius 3 is 2.96 bits per heavy atom. The van der Waals surface area contributed by atoms with Gasteiger partial charge in [-0.3, -0.25) is 9.59 Å². The summed E-state index contributed by atoms with van der Waals surface area (Å²) in [6.45, 7) is 7.57. The number of anilines is 1. The number of aromatic nitrogens is 1. The first-order chi connectivity index (χ1) is 12.9. The van der Waals surface area contributed by atoms with Crippen molar-refractivity contribution in [3.63, 3.8) is 0 Å². The van der Waals surface area contributed by atoms with E-state index in [0.717, 1.165) is 5.57 Å². The highest BCUT2D eigenvalue weighted by Crippen LogP contribution is 2.22. The van der Waals surface area contributed by atoms with Gasteiger partial charge in [-0.15, -0.1) is 0 Å². The van der Waals surface area contributed by atoms with Crippen LogP contribution >= 0.6 is 0 Å². The maximum absolute atomic E-state index is 13.4. The minimum absolute atomic E-state index is 0.110. The number of allylic oxidation sites excluding steroid dienone is 5. The second-order valence-corrected chi connectivity index (χ2v) is 6.09. The average Bonchev–Trinajstić information content (AvgIpc) is 2.84. The van der Waals surface area contributed by atoms with Crippen molar-refractivity contribution in [1.29, 1.82) is 0 Å². The van der Waals surface area contributed by atoms with Crippen molar-refractivity contribution in [2.75, 3.05) is 5.32 Å². The lowest BCUT2D eigenvalue weighted by atomic mass is 10.1. The third-order valence-electron chi connectivity index (χ3n) is 3.93. The van der Waals surface area contributed by atoms with Gasteiger partial charge >= 0.3 is 0 Å². The van der Waals surface area contributed by atoms with Crippen molar-refractivity contribution in [2.24, 2.45) is 0 Å². The SMILES string of the molecule is C=C(C(=O)Nc1cc[nH]c(=O)c1)/C(=C\C(C)=C/C)O[C@H]1C=CCC(F)=CC1. The molecule has 0 saturated carbocycles. The van der Waals surface area contributed by atoms with Crippen molar-refractivity contribution in [3.8, 4) is 0 Å². The number of halogens is 1. The molecular weight excluding hydrogens is 347 g/mol. The number of hydrogen-bond donors (Lipinski definition) is 2. The number of pyridine rings is 1. The van der Waals surface area contributed by atoms with Crippen molar-refractivity contribution in [2.45, 2.75) is 32.8 Å². The van der Waals surface area contributed by atoms with Gasteiger partial charge in [-0.25, -0.2) is 4.39 Å². The van der Waals surface area contributed by atoms with Crippen LogP contribution in [-0.2, 0) is 9.53 Å². The molecule has 0 bridgehead atoms. The molecule has 0 aromatic carbocycles. The molecule has 142 valence electrons. The summed E-state index contributed by atoms with van der Waals surface area (Å²) >= 11 is 0. The Labute approximate surface area is 157 Å². The maximum Gasteiger partial charge on any atom is 0.258 e. The number of ether oxygens (including phenoxy) is 1. The topological polar surface area (TPSA) is 71.2 Å². The molecule has 1 amide bonds. The van der Waals surface area contributed by atoms with Crippen molar-refractivity contribution in [3.05, 3.63) is 88.4 Å². The molecule has 0 radical (unpaired) electrons. The number of rotatable bonds is 6. The van der Waals surface area contributed by atoms with Crippen LogP contribution in [0.15, 0.2) is 82.8 Å². The molecule has 2 N–H and O–H groups in total. The third-order valence-corrected chi connectivity index (χ3v) is 3.93. The summed E-state index contributed by atoms with van der Waals surface area (Å²) < 4.78 is 19.3. The minimum atomic E-state index is -0.491. The molecule has 2 rings (SSSR count). The normalized spacial score (nSPS) is 17.7. The van der Waals surface area contributed by atoms with E-state index in [1.54, 1.807) is 24.3 Å². The summed E-state index contributed by atoms with van der Waals surface area (Å²) in [7, 11) is 0. The molecule has 5 nitrogen and oxygen atoms in total. The monoisotopic (exact) mass is 370 g/mol. The van der Waals surface area contributed by atoms with Crippen LogP contribution in [0, 0.1) is 0 Å². The molecule has 0 fully saturated rings. The van der Waals surface area contributed by atoms with E-state index < -0.39 is 12.0 Å². The Morgan fingerprint density at radius 1 is 1.48 bits per heavy atom. The zero-order valence-electron chi connectivity index (χ0n) is 15.4. The van der Waals surface area contributed by atoms with Gasteiger partial charge in [-0.05, 0) is 38.1 Å². The van der Waals surface area contributed by atoms with Crippen LogP contribution in [-0.4, -0.2) is 17.0 Å². The largest absolute Gasteiger partial charge is 0.485 e. The molecule has 1 aliphatic rings. The Bertz CT molecular complexity index is 891. The van der Waals surface area contributed by atoms with Crippen LogP contribution in [0.1, 0.15) is 26.7 Å². The lowest BCUT2D eigenvalue weighted by Crippen LogP contribution is -2.20. The first kappa shape index (κ1) is 20.2. The third kappa shape index (κ3) is 6.26. The van der Waals surface area contributed by atoms with Gasteiger partial charge in [0, 0.05) is 30.8 Å². The lowest BCUT2D eigenvalue weighted by molar-refractivity contribution is -0.113. The number of H-pyrrole nitrogens is 1. The molecule has 1 atom stereocenters. The number of carbonyl (C=O) groups excluding carboxylic acids is 1. The van der Waals surface area contributed by atoms with E-state index in [4.69, 9.17) is 4.74 Å². The van der Waals surface area contributed by atoms with Gasteiger partial charge in [0.25, 0.3) is 5.91 Å². The van der Waals surface area contributed by atoms with Crippen molar-refractivity contribution >= 4 is 11.6 Å². The average molecular weight is 370 g/mol. The first-order valence-corrected chi connectivity index (χ1v) is 8.61. The Kier molecular flexibility index (Phi) is 7.11. The van der Waals surface area contributed by atoms with E-state index in [2.05, 4.69) is 16.9 Å². The van der Waals surface area contributed by atoms with E-state index >= 15 is 0 Å². The second kappa shape index (κ2) is 9.52. The Hall–Kier alpha value is -3.15. The highest BCUT2D eigenvalue weighted by atomic mass is 19.1.